The number of hydrogen-bond donors (Lipinski definition) is 1. The fourth-order valence-electron chi connectivity index (χ4n) is 2.74. The molecule has 5 heteroatoms. The van der Waals surface area contributed by atoms with Crippen molar-refractivity contribution in [1.82, 2.24) is 25.1 Å². The van der Waals surface area contributed by atoms with Crippen molar-refractivity contribution in [2.24, 2.45) is 0 Å². The molecular formula is C15H21N5. The monoisotopic (exact) mass is 271 g/mol. The van der Waals surface area contributed by atoms with Gasteiger partial charge in [-0.1, -0.05) is 13.0 Å². The lowest BCUT2D eigenvalue weighted by molar-refractivity contribution is 0.496. The lowest BCUT2D eigenvalue weighted by atomic mass is 10.1. The van der Waals surface area contributed by atoms with Gasteiger partial charge in [0.2, 0.25) is 0 Å². The predicted octanol–water partition coefficient (Wildman–Crippen LogP) is 1.86. The Balaban J connectivity index is 1.61. The molecule has 0 amide bonds. The summed E-state index contributed by atoms with van der Waals surface area (Å²) in [6.07, 6.45) is 6.41. The van der Waals surface area contributed by atoms with Crippen LogP contribution in [0.1, 0.15) is 42.7 Å². The third-order valence-electron chi connectivity index (χ3n) is 3.88. The van der Waals surface area contributed by atoms with Gasteiger partial charge in [0.15, 0.2) is 0 Å². The zero-order chi connectivity index (χ0) is 13.8. The van der Waals surface area contributed by atoms with Crippen molar-refractivity contribution in [3.63, 3.8) is 0 Å². The van der Waals surface area contributed by atoms with E-state index in [0.717, 1.165) is 49.8 Å². The number of aromatic nitrogens is 4. The van der Waals surface area contributed by atoms with Crippen LogP contribution >= 0.6 is 0 Å². The van der Waals surface area contributed by atoms with Gasteiger partial charge in [-0.2, -0.15) is 0 Å². The molecule has 1 aliphatic rings. The van der Waals surface area contributed by atoms with Gasteiger partial charge in [0.25, 0.3) is 0 Å². The highest BCUT2D eigenvalue weighted by Crippen LogP contribution is 2.14. The number of fused-ring (bicyclic) bond motifs is 1. The molecule has 0 aromatic carbocycles. The first-order chi connectivity index (χ1) is 9.88. The molecule has 0 bridgehead atoms. The van der Waals surface area contributed by atoms with E-state index in [4.69, 9.17) is 0 Å². The standard InChI is InChI=1S/C15H21N5/c1-2-12-6-5-8-17-13(12)10-16-11-15-19-18-14-7-3-4-9-20(14)15/h5-6,8,16H,2-4,7,9-11H2,1H3. The predicted molar refractivity (Wildman–Crippen MR) is 77.1 cm³/mol. The molecule has 0 saturated heterocycles. The Bertz CT molecular complexity index is 575. The highest BCUT2D eigenvalue weighted by atomic mass is 15.3. The summed E-state index contributed by atoms with van der Waals surface area (Å²) in [4.78, 5) is 4.45. The van der Waals surface area contributed by atoms with Crippen LogP contribution in [0.25, 0.3) is 0 Å². The minimum absolute atomic E-state index is 0.757. The molecule has 106 valence electrons. The molecule has 0 radical (unpaired) electrons. The molecule has 0 atom stereocenters. The number of nitrogens with one attached hydrogen (secondary N) is 1. The highest BCUT2D eigenvalue weighted by Gasteiger charge is 2.15. The molecule has 1 N–H and O–H groups in total. The van der Waals surface area contributed by atoms with Crippen molar-refractivity contribution in [1.29, 1.82) is 0 Å². The Hall–Kier alpha value is -1.75. The van der Waals surface area contributed by atoms with E-state index in [2.05, 4.69) is 38.1 Å². The van der Waals surface area contributed by atoms with Gasteiger partial charge in [-0.15, -0.1) is 10.2 Å². The maximum atomic E-state index is 4.45. The molecule has 20 heavy (non-hydrogen) atoms. The first kappa shape index (κ1) is 13.2. The minimum Gasteiger partial charge on any atom is -0.314 e. The molecule has 0 unspecified atom stereocenters. The second-order valence-corrected chi connectivity index (χ2v) is 5.21. The number of hydrogen-bond acceptors (Lipinski definition) is 4. The zero-order valence-electron chi connectivity index (χ0n) is 12.0. The van der Waals surface area contributed by atoms with Crippen molar-refractivity contribution >= 4 is 0 Å². The Labute approximate surface area is 119 Å². The van der Waals surface area contributed by atoms with Crippen LogP contribution in [0.15, 0.2) is 18.3 Å². The van der Waals surface area contributed by atoms with Crippen LogP contribution in [0.3, 0.4) is 0 Å². The summed E-state index contributed by atoms with van der Waals surface area (Å²) >= 11 is 0. The second kappa shape index (κ2) is 6.13. The minimum atomic E-state index is 0.757. The topological polar surface area (TPSA) is 55.6 Å². The van der Waals surface area contributed by atoms with Crippen molar-refractivity contribution in [2.75, 3.05) is 0 Å². The van der Waals surface area contributed by atoms with E-state index in [-0.39, 0.29) is 0 Å². The van der Waals surface area contributed by atoms with Crippen molar-refractivity contribution in [2.45, 2.75) is 52.2 Å². The van der Waals surface area contributed by atoms with E-state index >= 15 is 0 Å². The van der Waals surface area contributed by atoms with Crippen LogP contribution in [-0.2, 0) is 32.5 Å². The molecule has 0 aliphatic carbocycles. The molecule has 5 nitrogen and oxygen atoms in total. The molecule has 3 heterocycles. The van der Waals surface area contributed by atoms with Crippen LogP contribution in [0.2, 0.25) is 0 Å². The van der Waals surface area contributed by atoms with E-state index in [1.807, 2.05) is 12.3 Å². The fraction of sp³-hybridized carbons (Fsp3) is 0.533. The lowest BCUT2D eigenvalue weighted by Gasteiger charge is -2.15. The summed E-state index contributed by atoms with van der Waals surface area (Å²) in [6, 6.07) is 4.14. The van der Waals surface area contributed by atoms with Crippen molar-refractivity contribution in [3.8, 4) is 0 Å². The van der Waals surface area contributed by atoms with Crippen LogP contribution in [0, 0.1) is 0 Å². The van der Waals surface area contributed by atoms with Gasteiger partial charge in [0, 0.05) is 25.7 Å². The fourth-order valence-corrected chi connectivity index (χ4v) is 2.74. The van der Waals surface area contributed by atoms with Crippen molar-refractivity contribution < 1.29 is 0 Å². The summed E-state index contributed by atoms with van der Waals surface area (Å²) in [7, 11) is 0. The van der Waals surface area contributed by atoms with E-state index in [9.17, 15) is 0 Å². The van der Waals surface area contributed by atoms with E-state index in [1.54, 1.807) is 0 Å². The SMILES string of the molecule is CCc1cccnc1CNCc1nnc2n1CCCC2. The van der Waals surface area contributed by atoms with Gasteiger partial charge in [0.05, 0.1) is 12.2 Å². The third kappa shape index (κ3) is 2.72. The smallest absolute Gasteiger partial charge is 0.147 e. The van der Waals surface area contributed by atoms with E-state index in [1.165, 1.54) is 18.4 Å². The Morgan fingerprint density at radius 3 is 3.10 bits per heavy atom. The van der Waals surface area contributed by atoms with Gasteiger partial charge in [-0.3, -0.25) is 4.98 Å². The van der Waals surface area contributed by atoms with Crippen molar-refractivity contribution in [3.05, 3.63) is 41.2 Å². The third-order valence-corrected chi connectivity index (χ3v) is 3.88. The van der Waals surface area contributed by atoms with E-state index < -0.39 is 0 Å². The number of pyridine rings is 1. The normalized spacial score (nSPS) is 14.2. The summed E-state index contributed by atoms with van der Waals surface area (Å²) < 4.78 is 2.26. The molecule has 2 aromatic heterocycles. The van der Waals surface area contributed by atoms with Gasteiger partial charge in [-0.25, -0.2) is 0 Å². The quantitative estimate of drug-likeness (QED) is 0.902. The second-order valence-electron chi connectivity index (χ2n) is 5.21. The largest absolute Gasteiger partial charge is 0.314 e. The molecule has 2 aromatic rings. The Morgan fingerprint density at radius 1 is 1.25 bits per heavy atom. The van der Waals surface area contributed by atoms with Crippen LogP contribution in [0.5, 0.6) is 0 Å². The molecule has 3 rings (SSSR count). The van der Waals surface area contributed by atoms with Crippen LogP contribution < -0.4 is 5.32 Å². The molecule has 0 saturated carbocycles. The Morgan fingerprint density at radius 2 is 2.20 bits per heavy atom. The first-order valence-electron chi connectivity index (χ1n) is 7.43. The molecule has 0 spiro atoms. The summed E-state index contributed by atoms with van der Waals surface area (Å²) in [6.45, 7) is 4.76. The van der Waals surface area contributed by atoms with Gasteiger partial charge in [-0.05, 0) is 30.9 Å². The molecular weight excluding hydrogens is 250 g/mol. The van der Waals surface area contributed by atoms with Gasteiger partial charge >= 0.3 is 0 Å². The average Bonchev–Trinajstić information content (AvgIpc) is 2.91. The lowest BCUT2D eigenvalue weighted by Crippen LogP contribution is -2.20. The maximum Gasteiger partial charge on any atom is 0.147 e. The number of nitrogens with zero attached hydrogens (tertiary/aromatic N) is 4. The molecule has 1 aliphatic heterocycles. The number of aryl methyl sites for hydroxylation is 2. The van der Waals surface area contributed by atoms with Crippen LogP contribution in [0.4, 0.5) is 0 Å². The molecule has 0 fully saturated rings. The van der Waals surface area contributed by atoms with Gasteiger partial charge < -0.3 is 9.88 Å². The highest BCUT2D eigenvalue weighted by molar-refractivity contribution is 5.19. The Kier molecular flexibility index (Phi) is 4.06. The summed E-state index contributed by atoms with van der Waals surface area (Å²) in [5.41, 5.74) is 2.44. The summed E-state index contributed by atoms with van der Waals surface area (Å²) in [5.74, 6) is 2.19. The van der Waals surface area contributed by atoms with E-state index in [0.29, 0.717) is 0 Å². The zero-order valence-corrected chi connectivity index (χ0v) is 12.0. The summed E-state index contributed by atoms with van der Waals surface area (Å²) in [5, 5.41) is 12.0. The maximum absolute atomic E-state index is 4.45. The van der Waals surface area contributed by atoms with Gasteiger partial charge in [0.1, 0.15) is 11.6 Å². The first-order valence-corrected chi connectivity index (χ1v) is 7.43. The number of rotatable bonds is 5. The van der Waals surface area contributed by atoms with Crippen LogP contribution in [-0.4, -0.2) is 19.7 Å². The average molecular weight is 271 g/mol.